The molecule has 0 radical (unpaired) electrons. The van der Waals surface area contributed by atoms with Crippen LogP contribution >= 0.6 is 22.6 Å². The number of fused-ring (bicyclic) bond motifs is 1. The first-order valence-electron chi connectivity index (χ1n) is 6.31. The number of nitrogens with zero attached hydrogens (tertiary/aromatic N) is 1. The molecule has 0 saturated carbocycles. The van der Waals surface area contributed by atoms with E-state index >= 15 is 0 Å². The molecule has 0 saturated heterocycles. The van der Waals surface area contributed by atoms with E-state index in [-0.39, 0.29) is 0 Å². The number of nitrogens with one attached hydrogen (secondary N) is 1. The van der Waals surface area contributed by atoms with Crippen LogP contribution in [0.15, 0.2) is 48.5 Å². The van der Waals surface area contributed by atoms with Gasteiger partial charge < -0.3 is 11.1 Å². The highest BCUT2D eigenvalue weighted by atomic mass is 127. The van der Waals surface area contributed by atoms with E-state index in [2.05, 4.69) is 51.1 Å². The fourth-order valence-corrected chi connectivity index (χ4v) is 2.74. The highest BCUT2D eigenvalue weighted by Crippen LogP contribution is 2.28. The average Bonchev–Trinajstić information content (AvgIpc) is 2.39. The summed E-state index contributed by atoms with van der Waals surface area (Å²) in [5.41, 5.74) is 10.7. The van der Waals surface area contributed by atoms with Crippen molar-refractivity contribution in [3.63, 3.8) is 0 Å². The molecule has 3 aromatic rings. The fourth-order valence-electron chi connectivity index (χ4n) is 2.20. The second-order valence-electron chi connectivity index (χ2n) is 4.72. The quantitative estimate of drug-likeness (QED) is 0.513. The molecule has 0 fully saturated rings. The molecule has 1 aromatic heterocycles. The molecular weight excluding hydrogens is 361 g/mol. The van der Waals surface area contributed by atoms with Crippen LogP contribution in [0, 0.1) is 10.5 Å². The van der Waals surface area contributed by atoms with Gasteiger partial charge in [-0.25, -0.2) is 0 Å². The molecule has 0 unspecified atom stereocenters. The molecule has 0 aliphatic heterocycles. The van der Waals surface area contributed by atoms with Crippen molar-refractivity contribution in [1.29, 1.82) is 0 Å². The number of aromatic nitrogens is 1. The van der Waals surface area contributed by atoms with Gasteiger partial charge in [-0.1, -0.05) is 6.07 Å². The first-order chi connectivity index (χ1) is 9.61. The Bertz CT molecular complexity index is 784. The molecule has 0 spiro atoms. The van der Waals surface area contributed by atoms with E-state index in [9.17, 15) is 0 Å². The van der Waals surface area contributed by atoms with Crippen molar-refractivity contribution < 1.29 is 0 Å². The van der Waals surface area contributed by atoms with Gasteiger partial charge in [0.1, 0.15) is 0 Å². The monoisotopic (exact) mass is 375 g/mol. The Kier molecular flexibility index (Phi) is 3.48. The highest BCUT2D eigenvalue weighted by molar-refractivity contribution is 14.1. The second-order valence-corrected chi connectivity index (χ2v) is 5.97. The van der Waals surface area contributed by atoms with Crippen LogP contribution in [0.1, 0.15) is 5.69 Å². The van der Waals surface area contributed by atoms with Crippen LogP contribution in [0.3, 0.4) is 0 Å². The van der Waals surface area contributed by atoms with E-state index in [1.807, 2.05) is 37.3 Å². The number of pyridine rings is 1. The molecule has 20 heavy (non-hydrogen) atoms. The van der Waals surface area contributed by atoms with E-state index in [0.717, 1.165) is 33.7 Å². The zero-order valence-electron chi connectivity index (χ0n) is 11.0. The number of aryl methyl sites for hydroxylation is 1. The summed E-state index contributed by atoms with van der Waals surface area (Å²) >= 11 is 2.31. The number of benzene rings is 2. The summed E-state index contributed by atoms with van der Waals surface area (Å²) in [6, 6.07) is 16.1. The number of nitrogens with two attached hydrogens (primary N) is 1. The summed E-state index contributed by atoms with van der Waals surface area (Å²) in [6.45, 7) is 2.00. The molecule has 100 valence electrons. The van der Waals surface area contributed by atoms with E-state index < -0.39 is 0 Å². The van der Waals surface area contributed by atoms with Gasteiger partial charge in [0.05, 0.1) is 5.52 Å². The SMILES string of the molecule is Cc1cc(Nc2cccc(I)c2)c2cc(N)ccc2n1. The molecule has 0 aliphatic rings. The lowest BCUT2D eigenvalue weighted by Gasteiger charge is -2.11. The first-order valence-corrected chi connectivity index (χ1v) is 7.39. The third kappa shape index (κ3) is 2.70. The average molecular weight is 375 g/mol. The molecule has 3 nitrogen and oxygen atoms in total. The number of hydrogen-bond acceptors (Lipinski definition) is 3. The summed E-state index contributed by atoms with van der Waals surface area (Å²) in [5.74, 6) is 0. The van der Waals surface area contributed by atoms with Crippen LogP contribution in [0.5, 0.6) is 0 Å². The zero-order chi connectivity index (χ0) is 14.1. The van der Waals surface area contributed by atoms with Crippen molar-refractivity contribution in [2.75, 3.05) is 11.1 Å². The van der Waals surface area contributed by atoms with Crippen LogP contribution in [-0.4, -0.2) is 4.98 Å². The molecule has 3 N–H and O–H groups in total. The Morgan fingerprint density at radius 3 is 2.75 bits per heavy atom. The molecule has 0 amide bonds. The molecule has 0 aliphatic carbocycles. The summed E-state index contributed by atoms with van der Waals surface area (Å²) in [5, 5.41) is 4.49. The molecule has 0 bridgehead atoms. The number of halogens is 1. The Morgan fingerprint density at radius 1 is 1.10 bits per heavy atom. The van der Waals surface area contributed by atoms with Gasteiger partial charge in [0.2, 0.25) is 0 Å². The second kappa shape index (κ2) is 5.28. The molecule has 2 aromatic carbocycles. The molecular formula is C16H14IN3. The van der Waals surface area contributed by atoms with Crippen molar-refractivity contribution in [1.82, 2.24) is 4.98 Å². The van der Waals surface area contributed by atoms with Crippen LogP contribution in [0.4, 0.5) is 17.1 Å². The molecule has 3 rings (SSSR count). The number of anilines is 3. The number of rotatable bonds is 2. The van der Waals surface area contributed by atoms with E-state index in [0.29, 0.717) is 0 Å². The summed E-state index contributed by atoms with van der Waals surface area (Å²) in [7, 11) is 0. The normalized spacial score (nSPS) is 10.7. The van der Waals surface area contributed by atoms with Gasteiger partial charge in [-0.3, -0.25) is 4.98 Å². The summed E-state index contributed by atoms with van der Waals surface area (Å²) in [4.78, 5) is 4.54. The lowest BCUT2D eigenvalue weighted by Crippen LogP contribution is -1.96. The maximum atomic E-state index is 5.89. The van der Waals surface area contributed by atoms with Gasteiger partial charge in [0, 0.05) is 31.7 Å². The predicted octanol–water partition coefficient (Wildman–Crippen LogP) is 4.47. The third-order valence-corrected chi connectivity index (χ3v) is 3.74. The van der Waals surface area contributed by atoms with Gasteiger partial charge in [-0.2, -0.15) is 0 Å². The molecule has 4 heteroatoms. The van der Waals surface area contributed by atoms with Crippen molar-refractivity contribution in [3.8, 4) is 0 Å². The minimum atomic E-state index is 0.744. The van der Waals surface area contributed by atoms with Gasteiger partial charge in [-0.15, -0.1) is 0 Å². The van der Waals surface area contributed by atoms with Crippen molar-refractivity contribution in [2.24, 2.45) is 0 Å². The summed E-state index contributed by atoms with van der Waals surface area (Å²) in [6.07, 6.45) is 0. The van der Waals surface area contributed by atoms with Crippen molar-refractivity contribution >= 4 is 50.6 Å². The van der Waals surface area contributed by atoms with Crippen molar-refractivity contribution in [2.45, 2.75) is 6.92 Å². The Labute approximate surface area is 131 Å². The lowest BCUT2D eigenvalue weighted by atomic mass is 10.1. The number of nitrogen functional groups attached to an aromatic ring is 1. The van der Waals surface area contributed by atoms with Crippen LogP contribution < -0.4 is 11.1 Å². The maximum absolute atomic E-state index is 5.89. The van der Waals surface area contributed by atoms with E-state index in [4.69, 9.17) is 5.73 Å². The Morgan fingerprint density at radius 2 is 1.95 bits per heavy atom. The largest absolute Gasteiger partial charge is 0.399 e. The Hall–Kier alpha value is -1.82. The van der Waals surface area contributed by atoms with Gasteiger partial charge >= 0.3 is 0 Å². The Balaban J connectivity index is 2.12. The molecule has 0 atom stereocenters. The topological polar surface area (TPSA) is 50.9 Å². The van der Waals surface area contributed by atoms with Gasteiger partial charge in [0.25, 0.3) is 0 Å². The smallest absolute Gasteiger partial charge is 0.0727 e. The summed E-state index contributed by atoms with van der Waals surface area (Å²) < 4.78 is 1.20. The molecule has 1 heterocycles. The highest BCUT2D eigenvalue weighted by Gasteiger charge is 2.05. The van der Waals surface area contributed by atoms with E-state index in [1.54, 1.807) is 0 Å². The van der Waals surface area contributed by atoms with Crippen LogP contribution in [-0.2, 0) is 0 Å². The standard InChI is InChI=1S/C16H14IN3/c1-10-7-16(20-13-4-2-3-11(17)8-13)14-9-12(18)5-6-15(14)19-10/h2-9H,18H2,1H3,(H,19,20). The zero-order valence-corrected chi connectivity index (χ0v) is 13.2. The van der Waals surface area contributed by atoms with Crippen LogP contribution in [0.25, 0.3) is 10.9 Å². The lowest BCUT2D eigenvalue weighted by molar-refractivity contribution is 1.25. The first kappa shape index (κ1) is 13.2. The van der Waals surface area contributed by atoms with Gasteiger partial charge in [-0.05, 0) is 72.0 Å². The maximum Gasteiger partial charge on any atom is 0.0727 e. The van der Waals surface area contributed by atoms with Crippen molar-refractivity contribution in [3.05, 3.63) is 57.8 Å². The van der Waals surface area contributed by atoms with Crippen LogP contribution in [0.2, 0.25) is 0 Å². The fraction of sp³-hybridized carbons (Fsp3) is 0.0625. The minimum Gasteiger partial charge on any atom is -0.399 e. The number of hydrogen-bond donors (Lipinski definition) is 2. The van der Waals surface area contributed by atoms with E-state index in [1.165, 1.54) is 3.57 Å². The van der Waals surface area contributed by atoms with Gasteiger partial charge in [0.15, 0.2) is 0 Å². The minimum absolute atomic E-state index is 0.744. The third-order valence-electron chi connectivity index (χ3n) is 3.06. The predicted molar refractivity (Wildman–Crippen MR) is 93.3 cm³/mol.